The van der Waals surface area contributed by atoms with Crippen molar-refractivity contribution in [1.29, 1.82) is 0 Å². The molecule has 4 nitrogen and oxygen atoms in total. The maximum Gasteiger partial charge on any atom is 0.236 e. The first-order valence-corrected chi connectivity index (χ1v) is 7.52. The van der Waals surface area contributed by atoms with Crippen LogP contribution in [0.15, 0.2) is 0 Å². The lowest BCUT2D eigenvalue weighted by Crippen LogP contribution is -2.33. The summed E-state index contributed by atoms with van der Waals surface area (Å²) < 4.78 is 30.8. The number of thiocarbonyl (C=S) groups is 1. The maximum atomic E-state index is 11.5. The summed E-state index contributed by atoms with van der Waals surface area (Å²) in [5.41, 5.74) is 0. The number of hydrogen-bond donors (Lipinski definition) is 1. The van der Waals surface area contributed by atoms with Crippen molar-refractivity contribution in [3.8, 4) is 0 Å². The minimum absolute atomic E-state index is 0.00764. The van der Waals surface area contributed by atoms with Crippen LogP contribution >= 0.6 is 24.0 Å². The Labute approximate surface area is 93.8 Å². The van der Waals surface area contributed by atoms with E-state index in [0.717, 1.165) is 12.8 Å². The number of nitrogens with one attached hydrogen (secondary N) is 1. The Morgan fingerprint density at radius 1 is 1.71 bits per heavy atom. The maximum absolute atomic E-state index is 11.5. The van der Waals surface area contributed by atoms with Gasteiger partial charge in [-0.15, -0.1) is 0 Å². The molecule has 1 atom stereocenters. The molecule has 1 unspecified atom stereocenters. The molecule has 1 rings (SSSR count). The Kier molecular flexibility index (Phi) is 4.62. The van der Waals surface area contributed by atoms with Crippen LogP contribution in [-0.2, 0) is 14.8 Å². The average molecular weight is 255 g/mol. The molecule has 1 fully saturated rings. The lowest BCUT2D eigenvalue weighted by molar-refractivity contribution is 0.127. The second-order valence-electron chi connectivity index (χ2n) is 3.01. The molecule has 0 spiro atoms. The van der Waals surface area contributed by atoms with Crippen LogP contribution < -0.4 is 4.72 Å². The molecule has 82 valence electrons. The van der Waals surface area contributed by atoms with Crippen LogP contribution in [0, 0.1) is 0 Å². The molecule has 0 saturated carbocycles. The van der Waals surface area contributed by atoms with Gasteiger partial charge in [0.2, 0.25) is 10.0 Å². The fourth-order valence-electron chi connectivity index (χ4n) is 1.23. The highest BCUT2D eigenvalue weighted by molar-refractivity contribution is 8.23. The molecule has 1 aliphatic heterocycles. The molecule has 1 saturated heterocycles. The molecule has 0 aliphatic carbocycles. The van der Waals surface area contributed by atoms with Gasteiger partial charge in [0.15, 0.2) is 0 Å². The minimum atomic E-state index is -3.31. The van der Waals surface area contributed by atoms with Gasteiger partial charge in [-0.05, 0) is 19.1 Å². The number of rotatable bonds is 3. The zero-order valence-corrected chi connectivity index (χ0v) is 10.3. The van der Waals surface area contributed by atoms with Gasteiger partial charge >= 0.3 is 0 Å². The molecule has 1 N–H and O–H groups in total. The van der Waals surface area contributed by atoms with Crippen LogP contribution in [0.25, 0.3) is 0 Å². The van der Waals surface area contributed by atoms with Gasteiger partial charge in [-0.1, -0.05) is 24.0 Å². The molecule has 14 heavy (non-hydrogen) atoms. The number of ether oxygens (including phenoxy) is 1. The molecule has 1 aliphatic rings. The van der Waals surface area contributed by atoms with Crippen molar-refractivity contribution >= 4 is 38.3 Å². The monoisotopic (exact) mass is 255 g/mol. The van der Waals surface area contributed by atoms with E-state index in [9.17, 15) is 8.42 Å². The van der Waals surface area contributed by atoms with Gasteiger partial charge in [0, 0.05) is 6.61 Å². The Morgan fingerprint density at radius 2 is 2.43 bits per heavy atom. The fraction of sp³-hybridized carbons (Fsp3) is 0.857. The van der Waals surface area contributed by atoms with E-state index in [0.29, 0.717) is 6.61 Å². The molecule has 1 heterocycles. The summed E-state index contributed by atoms with van der Waals surface area (Å²) >= 11 is 5.99. The third-order valence-corrected chi connectivity index (χ3v) is 4.51. The standard InChI is InChI=1S/C7H13NO3S3/c1-13-7(12)8-14(9,10)5-6-3-2-4-11-6/h6H,2-5H2,1H3,(H,8,12). The zero-order valence-electron chi connectivity index (χ0n) is 7.86. The second-order valence-corrected chi connectivity index (χ2v) is 6.26. The summed E-state index contributed by atoms with van der Waals surface area (Å²) in [6.45, 7) is 0.660. The fourth-order valence-corrected chi connectivity index (χ4v) is 3.42. The van der Waals surface area contributed by atoms with Gasteiger partial charge < -0.3 is 4.74 Å². The molecule has 0 amide bonds. The van der Waals surface area contributed by atoms with Crippen LogP contribution in [0.1, 0.15) is 12.8 Å². The topological polar surface area (TPSA) is 55.4 Å². The van der Waals surface area contributed by atoms with Crippen molar-refractivity contribution in [1.82, 2.24) is 4.72 Å². The van der Waals surface area contributed by atoms with Crippen molar-refractivity contribution in [2.24, 2.45) is 0 Å². The SMILES string of the molecule is CSC(=S)NS(=O)(=O)CC1CCCO1. The van der Waals surface area contributed by atoms with E-state index in [-0.39, 0.29) is 16.2 Å². The lowest BCUT2D eigenvalue weighted by Gasteiger charge is -2.11. The smallest absolute Gasteiger partial charge is 0.236 e. The molecular formula is C7H13NO3S3. The Morgan fingerprint density at radius 3 is 2.93 bits per heavy atom. The van der Waals surface area contributed by atoms with Gasteiger partial charge in [-0.25, -0.2) is 8.42 Å². The van der Waals surface area contributed by atoms with E-state index in [1.54, 1.807) is 6.26 Å². The quantitative estimate of drug-likeness (QED) is 0.754. The zero-order chi connectivity index (χ0) is 10.6. The van der Waals surface area contributed by atoms with Crippen LogP contribution in [0.4, 0.5) is 0 Å². The molecule has 0 aromatic rings. The summed E-state index contributed by atoms with van der Waals surface area (Å²) in [6.07, 6.45) is 3.31. The Balaban J connectivity index is 2.44. The Bertz CT molecular complexity index is 295. The number of thioether (sulfide) groups is 1. The Hall–Kier alpha value is 0.150. The first kappa shape index (κ1) is 12.2. The molecule has 0 radical (unpaired) electrons. The first-order chi connectivity index (χ1) is 6.53. The van der Waals surface area contributed by atoms with Gasteiger partial charge in [0.25, 0.3) is 0 Å². The molecule has 0 bridgehead atoms. The van der Waals surface area contributed by atoms with Gasteiger partial charge in [-0.3, -0.25) is 4.72 Å². The van der Waals surface area contributed by atoms with Crippen molar-refractivity contribution in [3.05, 3.63) is 0 Å². The first-order valence-electron chi connectivity index (χ1n) is 4.23. The van der Waals surface area contributed by atoms with Crippen LogP contribution in [0.2, 0.25) is 0 Å². The summed E-state index contributed by atoms with van der Waals surface area (Å²) in [7, 11) is -3.31. The normalized spacial score (nSPS) is 22.2. The third-order valence-electron chi connectivity index (χ3n) is 1.85. The van der Waals surface area contributed by atoms with Crippen molar-refractivity contribution in [2.45, 2.75) is 18.9 Å². The van der Waals surface area contributed by atoms with Gasteiger partial charge in [0.1, 0.15) is 4.32 Å². The van der Waals surface area contributed by atoms with Crippen LogP contribution in [0.3, 0.4) is 0 Å². The van der Waals surface area contributed by atoms with Crippen molar-refractivity contribution in [2.75, 3.05) is 18.6 Å². The van der Waals surface area contributed by atoms with E-state index in [1.165, 1.54) is 11.8 Å². The highest BCUT2D eigenvalue weighted by atomic mass is 32.2. The summed E-state index contributed by atoms with van der Waals surface area (Å²) in [5.74, 6) is 0.00764. The summed E-state index contributed by atoms with van der Waals surface area (Å²) in [5, 5.41) is 0. The molecule has 0 aromatic heterocycles. The number of sulfonamides is 1. The van der Waals surface area contributed by atoms with E-state index in [4.69, 9.17) is 17.0 Å². The van der Waals surface area contributed by atoms with E-state index < -0.39 is 10.0 Å². The highest BCUT2D eigenvalue weighted by Gasteiger charge is 2.23. The van der Waals surface area contributed by atoms with Gasteiger partial charge in [0.05, 0.1) is 11.9 Å². The average Bonchev–Trinajstić information content (AvgIpc) is 2.54. The molecular weight excluding hydrogens is 242 g/mol. The van der Waals surface area contributed by atoms with Crippen molar-refractivity contribution < 1.29 is 13.2 Å². The van der Waals surface area contributed by atoms with Crippen molar-refractivity contribution in [3.63, 3.8) is 0 Å². The summed E-state index contributed by atoms with van der Waals surface area (Å²) in [4.78, 5) is 0. The highest BCUT2D eigenvalue weighted by Crippen LogP contribution is 2.13. The summed E-state index contributed by atoms with van der Waals surface area (Å²) in [6, 6.07) is 0. The van der Waals surface area contributed by atoms with Crippen LogP contribution in [-0.4, -0.2) is 37.5 Å². The van der Waals surface area contributed by atoms with Crippen LogP contribution in [0.5, 0.6) is 0 Å². The number of hydrogen-bond acceptors (Lipinski definition) is 5. The third kappa shape index (κ3) is 4.12. The predicted octanol–water partition coefficient (Wildman–Crippen LogP) is 0.733. The lowest BCUT2D eigenvalue weighted by atomic mass is 10.3. The van der Waals surface area contributed by atoms with E-state index in [1.807, 2.05) is 0 Å². The largest absolute Gasteiger partial charge is 0.377 e. The molecule has 7 heteroatoms. The van der Waals surface area contributed by atoms with Gasteiger partial charge in [-0.2, -0.15) is 0 Å². The van der Waals surface area contributed by atoms with E-state index in [2.05, 4.69) is 4.72 Å². The molecule has 0 aromatic carbocycles. The van der Waals surface area contributed by atoms with E-state index >= 15 is 0 Å². The predicted molar refractivity (Wildman–Crippen MR) is 62.0 cm³/mol. The minimum Gasteiger partial charge on any atom is -0.377 e. The second kappa shape index (κ2) is 5.29.